The molecule has 0 N–H and O–H groups in total. The number of pyridine rings is 2. The van der Waals surface area contributed by atoms with Crippen LogP contribution in [0.4, 0.5) is 0 Å². The van der Waals surface area contributed by atoms with Crippen LogP contribution in [0, 0.1) is 0 Å². The number of hydrogen-bond donors (Lipinski definition) is 0. The molecular weight excluding hydrogens is 581 g/mol. The van der Waals surface area contributed by atoms with Gasteiger partial charge in [-0.05, 0) is 67.0 Å². The quantitative estimate of drug-likeness (QED) is 0.239. The molecule has 3 aromatic rings. The molecule has 0 aliphatic rings. The molecule has 0 atom stereocenters. The Morgan fingerprint density at radius 2 is 0.646 bits per heavy atom. The van der Waals surface area contributed by atoms with E-state index in [1.54, 1.807) is 0 Å². The number of hydrogen-bond acceptors (Lipinski definition) is 2. The zero-order valence-corrected chi connectivity index (χ0v) is 36.7. The number of benzene rings is 1. The average Bonchev–Trinajstić information content (AvgIpc) is 2.98. The molecule has 48 heavy (non-hydrogen) atoms. The molecule has 0 unspecified atom stereocenters. The third-order valence-electron chi connectivity index (χ3n) is 7.31. The largest absolute Gasteiger partial charge is 0.264 e. The van der Waals surface area contributed by atoms with Gasteiger partial charge in [0.05, 0.1) is 0 Å². The van der Waals surface area contributed by atoms with Gasteiger partial charge in [0.25, 0.3) is 0 Å². The Morgan fingerprint density at radius 3 is 0.917 bits per heavy atom. The van der Waals surface area contributed by atoms with Crippen LogP contribution in [0.5, 0.6) is 0 Å². The van der Waals surface area contributed by atoms with Gasteiger partial charge in [0.2, 0.25) is 0 Å². The zero-order chi connectivity index (χ0) is 38.9. The van der Waals surface area contributed by atoms with Gasteiger partial charge in [0, 0.05) is 29.7 Å². The van der Waals surface area contributed by atoms with Crippen molar-refractivity contribution < 1.29 is 0 Å². The molecule has 2 heteroatoms. The van der Waals surface area contributed by atoms with Gasteiger partial charge < -0.3 is 0 Å². The van der Waals surface area contributed by atoms with Gasteiger partial charge in [0.1, 0.15) is 0 Å². The van der Waals surface area contributed by atoms with Gasteiger partial charge in [0.15, 0.2) is 0 Å². The minimum Gasteiger partial charge on any atom is -0.264 e. The van der Waals surface area contributed by atoms with E-state index in [2.05, 4.69) is 171 Å². The monoisotopic (exact) mass is 663 g/mol. The van der Waals surface area contributed by atoms with Crippen molar-refractivity contribution in [1.29, 1.82) is 0 Å². The highest BCUT2D eigenvalue weighted by Crippen LogP contribution is 2.34. The first-order chi connectivity index (χ1) is 21.7. The van der Waals surface area contributed by atoms with Crippen molar-refractivity contribution in [2.75, 3.05) is 0 Å². The Bertz CT molecular complexity index is 996. The van der Waals surface area contributed by atoms with Crippen LogP contribution in [0.15, 0.2) is 61.1 Å². The molecule has 1 aromatic carbocycles. The number of nitrogens with zero attached hydrogens (tertiary/aromatic N) is 2. The molecule has 2 heterocycles. The Labute approximate surface area is 302 Å². The Morgan fingerprint density at radius 1 is 0.333 bits per heavy atom. The van der Waals surface area contributed by atoms with Crippen molar-refractivity contribution in [2.45, 2.75) is 199 Å². The summed E-state index contributed by atoms with van der Waals surface area (Å²) in [7, 11) is 0. The second kappa shape index (κ2) is 20.9. The first-order valence-corrected chi connectivity index (χ1v) is 18.7. The third kappa shape index (κ3) is 17.8. The Balaban J connectivity index is -0.000000585. The van der Waals surface area contributed by atoms with Crippen LogP contribution < -0.4 is 0 Å². The van der Waals surface area contributed by atoms with E-state index in [-0.39, 0.29) is 32.5 Å². The molecule has 0 saturated carbocycles. The van der Waals surface area contributed by atoms with Gasteiger partial charge in [-0.1, -0.05) is 197 Å². The summed E-state index contributed by atoms with van der Waals surface area (Å²) in [5.74, 6) is 0. The lowest BCUT2D eigenvalue weighted by atomic mass is 9.75. The number of rotatable bonds is 0. The van der Waals surface area contributed by atoms with Crippen molar-refractivity contribution in [3.63, 3.8) is 0 Å². The molecule has 0 bridgehead atoms. The van der Waals surface area contributed by atoms with Crippen LogP contribution >= 0.6 is 0 Å². The molecule has 0 aliphatic carbocycles. The third-order valence-corrected chi connectivity index (χ3v) is 7.31. The van der Waals surface area contributed by atoms with Gasteiger partial charge in [-0.2, -0.15) is 0 Å². The molecule has 0 aliphatic heterocycles. The molecule has 0 spiro atoms. The van der Waals surface area contributed by atoms with Crippen LogP contribution in [0.3, 0.4) is 0 Å². The average molecular weight is 663 g/mol. The fourth-order valence-corrected chi connectivity index (χ4v) is 5.05. The van der Waals surface area contributed by atoms with Crippen molar-refractivity contribution >= 4 is 0 Å². The molecule has 0 fully saturated rings. The lowest BCUT2D eigenvalue weighted by Crippen LogP contribution is -2.23. The van der Waals surface area contributed by atoms with Crippen LogP contribution in [0.2, 0.25) is 0 Å². The molecule has 0 radical (unpaired) electrons. The normalized spacial score (nSPS) is 11.8. The molecule has 2 aromatic heterocycles. The van der Waals surface area contributed by atoms with E-state index in [4.69, 9.17) is 0 Å². The fraction of sp³-hybridized carbons (Fsp3) is 0.652. The summed E-state index contributed by atoms with van der Waals surface area (Å²) in [5, 5.41) is 0. The van der Waals surface area contributed by atoms with Crippen LogP contribution in [-0.4, -0.2) is 9.97 Å². The highest BCUT2D eigenvalue weighted by Gasteiger charge is 2.27. The minimum absolute atomic E-state index is 0.129. The maximum atomic E-state index is 4.52. The zero-order valence-electron chi connectivity index (χ0n) is 36.7. The first kappa shape index (κ1) is 49.9. The fourth-order valence-electron chi connectivity index (χ4n) is 5.05. The highest BCUT2D eigenvalue weighted by atomic mass is 14.7. The maximum Gasteiger partial charge on any atom is 0.0494 e. The molecular formula is C46H82N2. The van der Waals surface area contributed by atoms with E-state index >= 15 is 0 Å². The van der Waals surface area contributed by atoms with Crippen molar-refractivity contribution in [1.82, 2.24) is 9.97 Å². The van der Waals surface area contributed by atoms with E-state index in [0.29, 0.717) is 0 Å². The van der Waals surface area contributed by atoms with E-state index in [0.717, 1.165) is 0 Å². The van der Waals surface area contributed by atoms with Gasteiger partial charge >= 0.3 is 0 Å². The molecule has 3 rings (SSSR count). The van der Waals surface area contributed by atoms with E-state index in [1.807, 2.05) is 66.2 Å². The van der Waals surface area contributed by atoms with Crippen molar-refractivity contribution in [3.05, 3.63) is 94.6 Å². The molecule has 0 amide bonds. The van der Waals surface area contributed by atoms with Gasteiger partial charge in [-0.25, -0.2) is 0 Å². The molecule has 2 nitrogen and oxygen atoms in total. The Kier molecular flexibility index (Phi) is 21.7. The predicted molar refractivity (Wildman–Crippen MR) is 221 cm³/mol. The summed E-state index contributed by atoms with van der Waals surface area (Å²) >= 11 is 0. The van der Waals surface area contributed by atoms with Gasteiger partial charge in [-0.3, -0.25) is 9.97 Å². The summed E-state index contributed by atoms with van der Waals surface area (Å²) in [6.45, 7) is 52.4. The maximum absolute atomic E-state index is 4.52. The standard InChI is InChI=1S/C14H22.2C13H21N.3C2H6/c1-13(2,3)11-9-7-8-10-12(11)14(4,5)6;1-12(2,3)10-7-8-14-9-11(10)13(4,5)6;1-12(2,3)10-8-7-9-14-11(10)13(4,5)6;3*1-2/h7-10H,1-6H3;2*7-9H,1-6H3;3*1-2H3. The Hall–Kier alpha value is -2.48. The first-order valence-electron chi connectivity index (χ1n) is 18.7. The summed E-state index contributed by atoms with van der Waals surface area (Å²) in [4.78, 5) is 8.74. The second-order valence-corrected chi connectivity index (χ2v) is 17.9. The molecule has 276 valence electrons. The highest BCUT2D eigenvalue weighted by molar-refractivity contribution is 5.37. The van der Waals surface area contributed by atoms with Crippen molar-refractivity contribution in [3.8, 4) is 0 Å². The smallest absolute Gasteiger partial charge is 0.0494 e. The van der Waals surface area contributed by atoms with Crippen LogP contribution in [0.25, 0.3) is 0 Å². The minimum atomic E-state index is 0.129. The number of aromatic nitrogens is 2. The summed E-state index contributed by atoms with van der Waals surface area (Å²) < 4.78 is 0. The van der Waals surface area contributed by atoms with Crippen LogP contribution in [-0.2, 0) is 32.5 Å². The SMILES string of the molecule is CC.CC.CC.CC(C)(C)c1ccccc1C(C)(C)C.CC(C)(C)c1cccnc1C(C)(C)C.CC(C)(C)c1ccncc1C(C)(C)C. The van der Waals surface area contributed by atoms with E-state index < -0.39 is 0 Å². The van der Waals surface area contributed by atoms with Crippen molar-refractivity contribution in [2.24, 2.45) is 0 Å². The topological polar surface area (TPSA) is 25.8 Å². The predicted octanol–water partition coefficient (Wildman–Crippen LogP) is 14.7. The lowest BCUT2D eigenvalue weighted by Gasteiger charge is -2.29. The van der Waals surface area contributed by atoms with E-state index in [9.17, 15) is 0 Å². The van der Waals surface area contributed by atoms with Crippen LogP contribution in [0.1, 0.15) is 200 Å². The molecule has 0 saturated heterocycles. The lowest BCUT2D eigenvalue weighted by molar-refractivity contribution is 0.514. The van der Waals surface area contributed by atoms with Gasteiger partial charge in [-0.15, -0.1) is 0 Å². The second-order valence-electron chi connectivity index (χ2n) is 17.9. The summed E-state index contributed by atoms with van der Waals surface area (Å²) in [5.41, 5.74) is 9.42. The summed E-state index contributed by atoms with van der Waals surface area (Å²) in [6, 6.07) is 15.1. The van der Waals surface area contributed by atoms with E-state index in [1.165, 1.54) is 33.5 Å². The summed E-state index contributed by atoms with van der Waals surface area (Å²) in [6.07, 6.45) is 5.77.